The van der Waals surface area contributed by atoms with Gasteiger partial charge >= 0.3 is 11.9 Å². The van der Waals surface area contributed by atoms with Crippen LogP contribution in [0.3, 0.4) is 0 Å². The standard InChI is InChI=1S/C13H24O3/c1-3-5-6-7-8-9-10-11-13(15)16-12(14)4-2/h3-11H2,1-2H3. The van der Waals surface area contributed by atoms with E-state index in [0.717, 1.165) is 12.8 Å². The number of hydrogen-bond donors (Lipinski definition) is 0. The number of hydrogen-bond acceptors (Lipinski definition) is 3. The first-order valence-corrected chi connectivity index (χ1v) is 6.44. The molecule has 0 aliphatic heterocycles. The molecule has 94 valence electrons. The summed E-state index contributed by atoms with van der Waals surface area (Å²) in [6.07, 6.45) is 8.79. The first-order valence-electron chi connectivity index (χ1n) is 6.44. The minimum absolute atomic E-state index is 0.267. The number of ether oxygens (including phenoxy) is 1. The Morgan fingerprint density at radius 1 is 0.812 bits per heavy atom. The predicted octanol–water partition coefficient (Wildman–Crippen LogP) is 3.61. The minimum Gasteiger partial charge on any atom is -0.393 e. The Morgan fingerprint density at radius 2 is 1.38 bits per heavy atom. The zero-order valence-corrected chi connectivity index (χ0v) is 10.6. The molecule has 0 bridgehead atoms. The average Bonchev–Trinajstić information content (AvgIpc) is 2.27. The van der Waals surface area contributed by atoms with E-state index < -0.39 is 5.97 Å². The topological polar surface area (TPSA) is 43.4 Å². The normalized spacial score (nSPS) is 10.1. The Kier molecular flexibility index (Phi) is 10.1. The molecule has 0 saturated carbocycles. The molecule has 0 aliphatic rings. The Morgan fingerprint density at radius 3 is 1.94 bits per heavy atom. The monoisotopic (exact) mass is 228 g/mol. The summed E-state index contributed by atoms with van der Waals surface area (Å²) in [7, 11) is 0. The molecule has 0 amide bonds. The second kappa shape index (κ2) is 10.7. The molecule has 0 atom stereocenters. The first kappa shape index (κ1) is 15.1. The summed E-state index contributed by atoms with van der Waals surface area (Å²) >= 11 is 0. The molecule has 0 aromatic carbocycles. The summed E-state index contributed by atoms with van der Waals surface area (Å²) in [5.41, 5.74) is 0. The van der Waals surface area contributed by atoms with Gasteiger partial charge in [0, 0.05) is 12.8 Å². The highest BCUT2D eigenvalue weighted by Crippen LogP contribution is 2.08. The molecule has 3 heteroatoms. The lowest BCUT2D eigenvalue weighted by atomic mass is 10.1. The highest BCUT2D eigenvalue weighted by Gasteiger charge is 2.07. The number of esters is 2. The lowest BCUT2D eigenvalue weighted by Gasteiger charge is -2.01. The van der Waals surface area contributed by atoms with Gasteiger partial charge in [-0.25, -0.2) is 0 Å². The van der Waals surface area contributed by atoms with Crippen molar-refractivity contribution in [2.45, 2.75) is 71.6 Å². The predicted molar refractivity (Wildman–Crippen MR) is 64.0 cm³/mol. The summed E-state index contributed by atoms with van der Waals surface area (Å²) < 4.78 is 4.57. The van der Waals surface area contributed by atoms with Gasteiger partial charge in [-0.1, -0.05) is 52.4 Å². The molecule has 0 unspecified atom stereocenters. The molecular weight excluding hydrogens is 204 g/mol. The summed E-state index contributed by atoms with van der Waals surface area (Å²) in [6.45, 7) is 3.88. The quantitative estimate of drug-likeness (QED) is 0.344. The first-order chi connectivity index (χ1) is 7.70. The van der Waals surface area contributed by atoms with Gasteiger partial charge in [0.15, 0.2) is 0 Å². The van der Waals surface area contributed by atoms with E-state index in [0.29, 0.717) is 6.42 Å². The molecule has 0 spiro atoms. The molecule has 0 aromatic heterocycles. The van der Waals surface area contributed by atoms with Crippen molar-refractivity contribution in [2.75, 3.05) is 0 Å². The van der Waals surface area contributed by atoms with E-state index in [9.17, 15) is 9.59 Å². The summed E-state index contributed by atoms with van der Waals surface area (Å²) in [5, 5.41) is 0. The van der Waals surface area contributed by atoms with Crippen molar-refractivity contribution in [1.82, 2.24) is 0 Å². The van der Waals surface area contributed by atoms with Crippen LogP contribution >= 0.6 is 0 Å². The molecule has 0 rings (SSSR count). The number of unbranched alkanes of at least 4 members (excludes halogenated alkanes) is 6. The van der Waals surface area contributed by atoms with Crippen molar-refractivity contribution in [3.05, 3.63) is 0 Å². The molecule has 3 nitrogen and oxygen atoms in total. The van der Waals surface area contributed by atoms with Crippen molar-refractivity contribution < 1.29 is 14.3 Å². The fourth-order valence-electron chi connectivity index (χ4n) is 1.48. The third kappa shape index (κ3) is 9.69. The van der Waals surface area contributed by atoms with Crippen molar-refractivity contribution in [3.8, 4) is 0 Å². The number of rotatable bonds is 9. The second-order valence-corrected chi connectivity index (χ2v) is 4.07. The SMILES string of the molecule is CCCCCCCCCC(=O)OC(=O)CC. The van der Waals surface area contributed by atoms with Crippen LogP contribution in [0.5, 0.6) is 0 Å². The van der Waals surface area contributed by atoms with Crippen LogP contribution in [0.1, 0.15) is 71.6 Å². The summed E-state index contributed by atoms with van der Waals surface area (Å²) in [6, 6.07) is 0. The van der Waals surface area contributed by atoms with Crippen LogP contribution in [0, 0.1) is 0 Å². The molecule has 0 radical (unpaired) electrons. The van der Waals surface area contributed by atoms with Gasteiger partial charge in [-0.15, -0.1) is 0 Å². The van der Waals surface area contributed by atoms with Crippen molar-refractivity contribution in [2.24, 2.45) is 0 Å². The molecule has 16 heavy (non-hydrogen) atoms. The van der Waals surface area contributed by atoms with Gasteiger partial charge in [-0.05, 0) is 6.42 Å². The van der Waals surface area contributed by atoms with Crippen LogP contribution in [0.25, 0.3) is 0 Å². The Labute approximate surface area is 98.6 Å². The van der Waals surface area contributed by atoms with Crippen LogP contribution in [0.2, 0.25) is 0 Å². The fraction of sp³-hybridized carbons (Fsp3) is 0.846. The average molecular weight is 228 g/mol. The van der Waals surface area contributed by atoms with Crippen molar-refractivity contribution in [3.63, 3.8) is 0 Å². The highest BCUT2D eigenvalue weighted by molar-refractivity contribution is 5.85. The van der Waals surface area contributed by atoms with Crippen LogP contribution in [-0.4, -0.2) is 11.9 Å². The van der Waals surface area contributed by atoms with Crippen LogP contribution in [0.15, 0.2) is 0 Å². The van der Waals surface area contributed by atoms with Gasteiger partial charge in [0.05, 0.1) is 0 Å². The molecule has 0 heterocycles. The Hall–Kier alpha value is -0.860. The minimum atomic E-state index is -0.423. The largest absolute Gasteiger partial charge is 0.393 e. The fourth-order valence-corrected chi connectivity index (χ4v) is 1.48. The van der Waals surface area contributed by atoms with E-state index in [-0.39, 0.29) is 12.4 Å². The molecule has 0 aliphatic carbocycles. The third-order valence-electron chi connectivity index (χ3n) is 2.50. The summed E-state index contributed by atoms with van der Waals surface area (Å²) in [4.78, 5) is 21.9. The van der Waals surface area contributed by atoms with Crippen LogP contribution in [0.4, 0.5) is 0 Å². The zero-order valence-electron chi connectivity index (χ0n) is 10.6. The van der Waals surface area contributed by atoms with Gasteiger partial charge in [0.1, 0.15) is 0 Å². The lowest BCUT2D eigenvalue weighted by Crippen LogP contribution is -2.10. The van der Waals surface area contributed by atoms with E-state index in [2.05, 4.69) is 11.7 Å². The third-order valence-corrected chi connectivity index (χ3v) is 2.50. The Bertz CT molecular complexity index is 199. The number of carbonyl (C=O) groups excluding carboxylic acids is 2. The van der Waals surface area contributed by atoms with Gasteiger partial charge in [0.25, 0.3) is 0 Å². The van der Waals surface area contributed by atoms with Gasteiger partial charge < -0.3 is 4.74 Å². The lowest BCUT2D eigenvalue weighted by molar-refractivity contribution is -0.159. The van der Waals surface area contributed by atoms with Gasteiger partial charge in [0.2, 0.25) is 0 Å². The van der Waals surface area contributed by atoms with E-state index in [1.165, 1.54) is 32.1 Å². The molecule has 0 N–H and O–H groups in total. The Balaban J connectivity index is 3.24. The smallest absolute Gasteiger partial charge is 0.313 e. The molecule has 0 saturated heterocycles. The van der Waals surface area contributed by atoms with Gasteiger partial charge in [-0.2, -0.15) is 0 Å². The maximum atomic E-state index is 11.1. The maximum absolute atomic E-state index is 11.1. The van der Waals surface area contributed by atoms with Crippen molar-refractivity contribution >= 4 is 11.9 Å². The van der Waals surface area contributed by atoms with Gasteiger partial charge in [-0.3, -0.25) is 9.59 Å². The van der Waals surface area contributed by atoms with Crippen LogP contribution in [-0.2, 0) is 14.3 Å². The van der Waals surface area contributed by atoms with E-state index in [1.54, 1.807) is 6.92 Å². The molecule has 0 fully saturated rings. The summed E-state index contributed by atoms with van der Waals surface area (Å²) in [5.74, 6) is -0.798. The molecular formula is C13H24O3. The second-order valence-electron chi connectivity index (χ2n) is 4.07. The zero-order chi connectivity index (χ0) is 12.2. The number of carbonyl (C=O) groups is 2. The maximum Gasteiger partial charge on any atom is 0.313 e. The van der Waals surface area contributed by atoms with E-state index in [4.69, 9.17) is 0 Å². The highest BCUT2D eigenvalue weighted by atomic mass is 16.6. The van der Waals surface area contributed by atoms with Crippen LogP contribution < -0.4 is 0 Å². The van der Waals surface area contributed by atoms with Crippen molar-refractivity contribution in [1.29, 1.82) is 0 Å². The molecule has 0 aromatic rings. The van der Waals surface area contributed by atoms with E-state index in [1.807, 2.05) is 0 Å². The van der Waals surface area contributed by atoms with E-state index >= 15 is 0 Å².